The third-order valence-corrected chi connectivity index (χ3v) is 5.85. The average Bonchev–Trinajstić information content (AvgIpc) is 2.73. The molecule has 14 heavy (non-hydrogen) atoms. The van der Waals surface area contributed by atoms with Crippen molar-refractivity contribution in [2.75, 3.05) is 0 Å². The Morgan fingerprint density at radius 3 is 2.50 bits per heavy atom. The van der Waals surface area contributed by atoms with Crippen molar-refractivity contribution in [2.24, 2.45) is 0 Å². The van der Waals surface area contributed by atoms with Crippen LogP contribution in [0.3, 0.4) is 0 Å². The van der Waals surface area contributed by atoms with Crippen LogP contribution >= 0.6 is 22.7 Å². The number of hydrogen-bond donors (Lipinski definition) is 0. The third-order valence-electron chi connectivity index (χ3n) is 1.79. The summed E-state index contributed by atoms with van der Waals surface area (Å²) in [5, 5.41) is 2.04. The van der Waals surface area contributed by atoms with Crippen molar-refractivity contribution in [1.29, 1.82) is 0 Å². The van der Waals surface area contributed by atoms with Gasteiger partial charge in [0.1, 0.15) is 10.8 Å². The average molecular weight is 242 g/mol. The first-order valence-electron chi connectivity index (χ1n) is 4.20. The molecule has 0 fully saturated rings. The van der Waals surface area contributed by atoms with Crippen molar-refractivity contribution in [3.05, 3.63) is 34.0 Å². The fourth-order valence-corrected chi connectivity index (χ4v) is 4.90. The lowest BCUT2D eigenvalue weighted by molar-refractivity contribution is 0.685. The molecule has 1 nitrogen and oxygen atoms in total. The summed E-state index contributed by atoms with van der Waals surface area (Å²) < 4.78 is 13.9. The molecule has 0 radical (unpaired) electrons. The van der Waals surface area contributed by atoms with Crippen LogP contribution in [-0.4, -0.2) is 4.21 Å². The highest BCUT2D eigenvalue weighted by molar-refractivity contribution is 7.89. The first-order chi connectivity index (χ1) is 6.66. The number of rotatable bonds is 2. The fourth-order valence-electron chi connectivity index (χ4n) is 1.11. The van der Waals surface area contributed by atoms with E-state index in [4.69, 9.17) is 0 Å². The maximum Gasteiger partial charge on any atom is 0.105 e. The van der Waals surface area contributed by atoms with Gasteiger partial charge in [0.2, 0.25) is 0 Å². The molecule has 0 amide bonds. The van der Waals surface area contributed by atoms with Crippen molar-refractivity contribution in [3.8, 4) is 0 Å². The van der Waals surface area contributed by atoms with Gasteiger partial charge < -0.3 is 0 Å². The lowest BCUT2D eigenvalue weighted by atomic mass is 10.4. The molecule has 0 aliphatic carbocycles. The summed E-state index contributed by atoms with van der Waals surface area (Å²) in [6.07, 6.45) is 0. The van der Waals surface area contributed by atoms with E-state index in [0.717, 1.165) is 8.42 Å². The van der Waals surface area contributed by atoms with Crippen LogP contribution in [0, 0.1) is 13.8 Å². The highest BCUT2D eigenvalue weighted by atomic mass is 32.2. The Bertz CT molecular complexity index is 425. The molecule has 2 aromatic rings. The summed E-state index contributed by atoms with van der Waals surface area (Å²) in [4.78, 5) is 1.21. The van der Waals surface area contributed by atoms with Crippen molar-refractivity contribution >= 4 is 33.5 Å². The minimum Gasteiger partial charge on any atom is -0.247 e. The number of hydrogen-bond acceptors (Lipinski definition) is 3. The molecule has 0 bridgehead atoms. The molecular weight excluding hydrogens is 232 g/mol. The van der Waals surface area contributed by atoms with E-state index in [1.54, 1.807) is 22.7 Å². The zero-order valence-corrected chi connectivity index (χ0v) is 10.4. The predicted octanol–water partition coefficient (Wildman–Crippen LogP) is 3.59. The van der Waals surface area contributed by atoms with Gasteiger partial charge in [-0.2, -0.15) is 0 Å². The summed E-state index contributed by atoms with van der Waals surface area (Å²) in [5.41, 5.74) is 1.19. The van der Waals surface area contributed by atoms with Gasteiger partial charge in [-0.25, -0.2) is 4.21 Å². The molecule has 74 valence electrons. The van der Waals surface area contributed by atoms with E-state index in [9.17, 15) is 4.21 Å². The number of aryl methyl sites for hydroxylation is 2. The molecule has 0 saturated carbocycles. The van der Waals surface area contributed by atoms with Crippen LogP contribution in [0.1, 0.15) is 10.4 Å². The van der Waals surface area contributed by atoms with Crippen LogP contribution in [0.25, 0.3) is 0 Å². The van der Waals surface area contributed by atoms with E-state index < -0.39 is 10.8 Å². The second-order valence-electron chi connectivity index (χ2n) is 3.08. The Labute approximate surface area is 93.9 Å². The maximum absolute atomic E-state index is 12.0. The van der Waals surface area contributed by atoms with E-state index in [1.165, 1.54) is 10.4 Å². The van der Waals surface area contributed by atoms with Crippen LogP contribution in [0.2, 0.25) is 0 Å². The van der Waals surface area contributed by atoms with Gasteiger partial charge in [0.15, 0.2) is 0 Å². The predicted molar refractivity (Wildman–Crippen MR) is 62.8 cm³/mol. The van der Waals surface area contributed by atoms with Crippen LogP contribution in [0.4, 0.5) is 0 Å². The second-order valence-corrected chi connectivity index (χ2v) is 7.21. The molecule has 0 aliphatic heterocycles. The third kappa shape index (κ3) is 1.97. The van der Waals surface area contributed by atoms with E-state index in [2.05, 4.69) is 0 Å². The maximum atomic E-state index is 12.0. The zero-order valence-electron chi connectivity index (χ0n) is 7.94. The van der Waals surface area contributed by atoms with Gasteiger partial charge in [-0.15, -0.1) is 22.7 Å². The molecule has 0 saturated heterocycles. The molecule has 1 atom stereocenters. The quantitative estimate of drug-likeness (QED) is 0.786. The first-order valence-corrected chi connectivity index (χ1v) is 7.05. The minimum atomic E-state index is -0.968. The normalized spacial score (nSPS) is 13.0. The monoisotopic (exact) mass is 242 g/mol. The molecular formula is C10H10OS3. The van der Waals surface area contributed by atoms with Gasteiger partial charge >= 0.3 is 0 Å². The lowest BCUT2D eigenvalue weighted by Crippen LogP contribution is -1.84. The number of thiophene rings is 2. The van der Waals surface area contributed by atoms with Crippen molar-refractivity contribution in [1.82, 2.24) is 0 Å². The van der Waals surface area contributed by atoms with E-state index in [-0.39, 0.29) is 0 Å². The molecule has 4 heteroatoms. The fraction of sp³-hybridized carbons (Fsp3) is 0.200. The summed E-state index contributed by atoms with van der Waals surface area (Å²) in [6.45, 7) is 4.06. The van der Waals surface area contributed by atoms with Crippen molar-refractivity contribution in [2.45, 2.75) is 22.3 Å². The van der Waals surface area contributed by atoms with E-state index in [1.807, 2.05) is 37.4 Å². The Balaban J connectivity index is 2.33. The Morgan fingerprint density at radius 2 is 2.00 bits per heavy atom. The summed E-state index contributed by atoms with van der Waals surface area (Å²) in [5.74, 6) is 0. The van der Waals surface area contributed by atoms with Crippen LogP contribution in [0.5, 0.6) is 0 Å². The molecule has 0 aromatic carbocycles. The summed E-state index contributed by atoms with van der Waals surface area (Å²) in [7, 11) is -0.968. The summed E-state index contributed by atoms with van der Waals surface area (Å²) >= 11 is 3.17. The molecule has 1 unspecified atom stereocenters. The van der Waals surface area contributed by atoms with Gasteiger partial charge in [-0.05, 0) is 43.0 Å². The summed E-state index contributed by atoms with van der Waals surface area (Å²) in [6, 6.07) is 5.96. The van der Waals surface area contributed by atoms with Gasteiger partial charge in [0, 0.05) is 4.88 Å². The van der Waals surface area contributed by atoms with E-state index in [0.29, 0.717) is 0 Å². The molecule has 2 heterocycles. The van der Waals surface area contributed by atoms with Crippen LogP contribution in [-0.2, 0) is 10.8 Å². The van der Waals surface area contributed by atoms with Gasteiger partial charge in [0.25, 0.3) is 0 Å². The molecule has 0 N–H and O–H groups in total. The highest BCUT2D eigenvalue weighted by Gasteiger charge is 2.10. The lowest BCUT2D eigenvalue weighted by Gasteiger charge is -1.92. The second kappa shape index (κ2) is 3.96. The molecule has 0 aliphatic rings. The van der Waals surface area contributed by atoms with Gasteiger partial charge in [-0.1, -0.05) is 0 Å². The minimum absolute atomic E-state index is 0.948. The van der Waals surface area contributed by atoms with Crippen LogP contribution in [0.15, 0.2) is 32.0 Å². The zero-order chi connectivity index (χ0) is 10.1. The first kappa shape index (κ1) is 10.1. The molecule has 2 aromatic heterocycles. The van der Waals surface area contributed by atoms with Crippen molar-refractivity contribution in [3.63, 3.8) is 0 Å². The SMILES string of the molecule is Cc1csc(S(=O)c2ccc(C)s2)c1. The smallest absolute Gasteiger partial charge is 0.105 e. The highest BCUT2D eigenvalue weighted by Crippen LogP contribution is 2.27. The Hall–Kier alpha value is -0.450. The van der Waals surface area contributed by atoms with Crippen molar-refractivity contribution < 1.29 is 4.21 Å². The van der Waals surface area contributed by atoms with Gasteiger partial charge in [-0.3, -0.25) is 0 Å². The van der Waals surface area contributed by atoms with E-state index >= 15 is 0 Å². The molecule has 0 spiro atoms. The molecule has 2 rings (SSSR count). The Kier molecular flexibility index (Phi) is 2.85. The topological polar surface area (TPSA) is 17.1 Å². The Morgan fingerprint density at radius 1 is 1.21 bits per heavy atom. The standard InChI is InChI=1S/C10H10OS3/c1-7-5-10(12-6-7)14(11)9-4-3-8(2)13-9/h3-6H,1-2H3. The van der Waals surface area contributed by atoms with Crippen LogP contribution < -0.4 is 0 Å². The van der Waals surface area contributed by atoms with Gasteiger partial charge in [0.05, 0.1) is 8.42 Å². The largest absolute Gasteiger partial charge is 0.247 e.